The topological polar surface area (TPSA) is 98.8 Å². The van der Waals surface area contributed by atoms with Crippen LogP contribution in [0.5, 0.6) is 0 Å². The molecule has 2 aliphatic rings. The molecule has 2 fully saturated rings. The van der Waals surface area contributed by atoms with Crippen LogP contribution in [0.1, 0.15) is 32.1 Å². The number of nitrogens with zero attached hydrogens (tertiary/aromatic N) is 2. The van der Waals surface area contributed by atoms with Gasteiger partial charge in [0.15, 0.2) is 0 Å². The van der Waals surface area contributed by atoms with E-state index >= 15 is 0 Å². The van der Waals surface area contributed by atoms with E-state index < -0.39 is 17.5 Å². The van der Waals surface area contributed by atoms with E-state index in [1.165, 1.54) is 11.9 Å². The number of nitrogens with one attached hydrogen (secondary N) is 2. The van der Waals surface area contributed by atoms with Crippen LogP contribution in [-0.4, -0.2) is 59.2 Å². The molecule has 9 heteroatoms. The Balaban J connectivity index is 1.55. The number of hydrogen-bond acceptors (Lipinski definition) is 4. The van der Waals surface area contributed by atoms with Gasteiger partial charge in [0.05, 0.1) is 6.54 Å². The Morgan fingerprint density at radius 2 is 1.82 bits per heavy atom. The summed E-state index contributed by atoms with van der Waals surface area (Å²) < 4.78 is 0. The Hall–Kier alpha value is -2.61. The van der Waals surface area contributed by atoms with Crippen LogP contribution < -0.4 is 10.6 Å². The normalized spacial score (nSPS) is 18.1. The smallest absolute Gasteiger partial charge is 0.325 e. The van der Waals surface area contributed by atoms with Crippen LogP contribution in [-0.2, 0) is 14.4 Å². The van der Waals surface area contributed by atoms with Crippen molar-refractivity contribution in [1.29, 1.82) is 0 Å². The van der Waals surface area contributed by atoms with Gasteiger partial charge < -0.3 is 15.5 Å². The van der Waals surface area contributed by atoms with E-state index in [1.54, 1.807) is 24.3 Å². The molecule has 150 valence electrons. The van der Waals surface area contributed by atoms with Gasteiger partial charge in [-0.05, 0) is 37.1 Å². The van der Waals surface area contributed by atoms with E-state index in [2.05, 4.69) is 10.6 Å². The van der Waals surface area contributed by atoms with E-state index in [1.807, 2.05) is 0 Å². The van der Waals surface area contributed by atoms with E-state index in [4.69, 9.17) is 11.6 Å². The second kappa shape index (κ2) is 8.18. The first-order chi connectivity index (χ1) is 13.3. The standard InChI is InChI=1S/C19H23ClN4O4/c1-23(11-15(25)21-14-7-5-13(20)6-8-14)16(26)12-24-17(27)19(22-18(24)28)9-3-2-4-10-19/h5-8H,2-4,9-12H2,1H3,(H,21,25)(H,22,28). The van der Waals surface area contributed by atoms with Crippen LogP contribution >= 0.6 is 11.6 Å². The number of amides is 5. The summed E-state index contributed by atoms with van der Waals surface area (Å²) in [5.74, 6) is -1.22. The zero-order valence-corrected chi connectivity index (χ0v) is 16.4. The molecule has 8 nitrogen and oxygen atoms in total. The van der Waals surface area contributed by atoms with Gasteiger partial charge in [-0.1, -0.05) is 30.9 Å². The van der Waals surface area contributed by atoms with Gasteiger partial charge in [-0.2, -0.15) is 0 Å². The number of imide groups is 1. The third-order valence-electron chi connectivity index (χ3n) is 5.18. The highest BCUT2D eigenvalue weighted by Crippen LogP contribution is 2.33. The lowest BCUT2D eigenvalue weighted by atomic mass is 9.82. The van der Waals surface area contributed by atoms with Crippen LogP contribution in [0, 0.1) is 0 Å². The molecule has 1 heterocycles. The number of likely N-dealkylation sites (N-methyl/N-ethyl adjacent to an activating group) is 1. The quantitative estimate of drug-likeness (QED) is 0.730. The van der Waals surface area contributed by atoms with Gasteiger partial charge in [0.2, 0.25) is 11.8 Å². The lowest BCUT2D eigenvalue weighted by Gasteiger charge is -2.30. The number of urea groups is 1. The number of carbonyl (C=O) groups excluding carboxylic acids is 4. The summed E-state index contributed by atoms with van der Waals surface area (Å²) in [5, 5.41) is 5.98. The fraction of sp³-hybridized carbons (Fsp3) is 0.474. The van der Waals surface area contributed by atoms with Gasteiger partial charge in [-0.3, -0.25) is 19.3 Å². The van der Waals surface area contributed by atoms with Gasteiger partial charge >= 0.3 is 6.03 Å². The van der Waals surface area contributed by atoms with E-state index in [9.17, 15) is 19.2 Å². The minimum Gasteiger partial charge on any atom is -0.335 e. The summed E-state index contributed by atoms with van der Waals surface area (Å²) in [5.41, 5.74) is -0.302. The van der Waals surface area contributed by atoms with Crippen molar-refractivity contribution in [3.8, 4) is 0 Å². The van der Waals surface area contributed by atoms with Gasteiger partial charge in [-0.15, -0.1) is 0 Å². The van der Waals surface area contributed by atoms with Crippen molar-refractivity contribution in [2.24, 2.45) is 0 Å². The Kier molecular flexibility index (Phi) is 5.88. The molecule has 1 spiro atoms. The lowest BCUT2D eigenvalue weighted by molar-refractivity contribution is -0.139. The maximum atomic E-state index is 12.7. The zero-order valence-electron chi connectivity index (χ0n) is 15.7. The Morgan fingerprint density at radius 1 is 1.18 bits per heavy atom. The molecule has 0 bridgehead atoms. The SMILES string of the molecule is CN(CC(=O)Nc1ccc(Cl)cc1)C(=O)CN1C(=O)NC2(CCCCC2)C1=O. The summed E-state index contributed by atoms with van der Waals surface area (Å²) in [7, 11) is 1.46. The fourth-order valence-electron chi connectivity index (χ4n) is 3.61. The second-order valence-electron chi connectivity index (χ2n) is 7.27. The molecule has 0 atom stereocenters. The van der Waals surface area contributed by atoms with Crippen LogP contribution in [0.15, 0.2) is 24.3 Å². The molecule has 1 aliphatic carbocycles. The summed E-state index contributed by atoms with van der Waals surface area (Å²) in [6.45, 7) is -0.576. The number of halogens is 1. The predicted octanol–water partition coefficient (Wildman–Crippen LogP) is 1.99. The van der Waals surface area contributed by atoms with Gasteiger partial charge in [0.1, 0.15) is 12.1 Å². The number of anilines is 1. The van der Waals surface area contributed by atoms with E-state index in [0.717, 1.165) is 24.2 Å². The molecule has 1 saturated heterocycles. The Bertz CT molecular complexity index is 790. The van der Waals surface area contributed by atoms with Crippen LogP contribution in [0.25, 0.3) is 0 Å². The van der Waals surface area contributed by atoms with Crippen LogP contribution in [0.2, 0.25) is 5.02 Å². The predicted molar refractivity (Wildman–Crippen MR) is 104 cm³/mol. The molecule has 5 amide bonds. The van der Waals surface area contributed by atoms with Crippen molar-refractivity contribution in [3.05, 3.63) is 29.3 Å². The first-order valence-electron chi connectivity index (χ1n) is 9.24. The largest absolute Gasteiger partial charge is 0.335 e. The van der Waals surface area contributed by atoms with E-state index in [0.29, 0.717) is 23.6 Å². The molecule has 1 aliphatic heterocycles. The molecule has 1 aromatic rings. The summed E-state index contributed by atoms with van der Waals surface area (Å²) in [6.07, 6.45) is 3.98. The van der Waals surface area contributed by atoms with Gasteiger partial charge in [0, 0.05) is 17.8 Å². The monoisotopic (exact) mass is 406 g/mol. The van der Waals surface area contributed by atoms with Crippen LogP contribution in [0.4, 0.5) is 10.5 Å². The van der Waals surface area contributed by atoms with Gasteiger partial charge in [-0.25, -0.2) is 4.79 Å². The molecule has 1 saturated carbocycles. The number of benzene rings is 1. The lowest BCUT2D eigenvalue weighted by Crippen LogP contribution is -2.49. The van der Waals surface area contributed by atoms with Gasteiger partial charge in [0.25, 0.3) is 5.91 Å². The highest BCUT2D eigenvalue weighted by molar-refractivity contribution is 6.30. The third-order valence-corrected chi connectivity index (χ3v) is 5.43. The molecule has 28 heavy (non-hydrogen) atoms. The van der Waals surface area contributed by atoms with Crippen LogP contribution in [0.3, 0.4) is 0 Å². The molecule has 3 rings (SSSR count). The summed E-state index contributed by atoms with van der Waals surface area (Å²) in [4.78, 5) is 51.7. The highest BCUT2D eigenvalue weighted by Gasteiger charge is 2.51. The zero-order chi connectivity index (χ0) is 20.3. The van der Waals surface area contributed by atoms with Crippen molar-refractivity contribution >= 4 is 41.0 Å². The molecule has 0 radical (unpaired) electrons. The summed E-state index contributed by atoms with van der Waals surface area (Å²) in [6, 6.07) is 6.05. The van der Waals surface area contributed by atoms with Crippen molar-refractivity contribution in [2.45, 2.75) is 37.6 Å². The number of hydrogen-bond donors (Lipinski definition) is 2. The minimum absolute atomic E-state index is 0.198. The maximum absolute atomic E-state index is 12.7. The molecular weight excluding hydrogens is 384 g/mol. The third kappa shape index (κ3) is 4.27. The minimum atomic E-state index is -0.861. The summed E-state index contributed by atoms with van der Waals surface area (Å²) >= 11 is 5.80. The molecule has 0 unspecified atom stereocenters. The highest BCUT2D eigenvalue weighted by atomic mass is 35.5. The molecular formula is C19H23ClN4O4. The second-order valence-corrected chi connectivity index (χ2v) is 7.71. The molecule has 1 aromatic carbocycles. The fourth-order valence-corrected chi connectivity index (χ4v) is 3.73. The molecule has 0 aromatic heterocycles. The Morgan fingerprint density at radius 3 is 2.46 bits per heavy atom. The average molecular weight is 407 g/mol. The van der Waals surface area contributed by atoms with Crippen molar-refractivity contribution in [1.82, 2.24) is 15.1 Å². The first-order valence-corrected chi connectivity index (χ1v) is 9.62. The maximum Gasteiger partial charge on any atom is 0.325 e. The number of rotatable bonds is 5. The first kappa shape index (κ1) is 20.1. The molecule has 2 N–H and O–H groups in total. The van der Waals surface area contributed by atoms with Crippen molar-refractivity contribution in [2.75, 3.05) is 25.5 Å². The van der Waals surface area contributed by atoms with E-state index in [-0.39, 0.29) is 24.9 Å². The van der Waals surface area contributed by atoms with Crippen molar-refractivity contribution < 1.29 is 19.2 Å². The van der Waals surface area contributed by atoms with Crippen molar-refractivity contribution in [3.63, 3.8) is 0 Å². The number of carbonyl (C=O) groups is 4. The average Bonchev–Trinajstić information content (AvgIpc) is 2.88. The Labute approximate surface area is 168 Å².